The van der Waals surface area contributed by atoms with Gasteiger partial charge in [0.25, 0.3) is 5.56 Å². The van der Waals surface area contributed by atoms with Gasteiger partial charge in [0.15, 0.2) is 5.82 Å². The molecule has 21 heavy (non-hydrogen) atoms. The number of benzene rings is 1. The molecular formula is C14H11BrFN3O2. The maximum Gasteiger partial charge on any atom is 0.261 e. The highest BCUT2D eigenvalue weighted by Gasteiger charge is 2.12. The lowest BCUT2D eigenvalue weighted by Crippen LogP contribution is -2.21. The predicted octanol–water partition coefficient (Wildman–Crippen LogP) is 2.95. The van der Waals surface area contributed by atoms with Gasteiger partial charge in [0.2, 0.25) is 5.89 Å². The van der Waals surface area contributed by atoms with Gasteiger partial charge in [-0.15, -0.1) is 0 Å². The molecule has 0 bridgehead atoms. The Hall–Kier alpha value is -2.02. The fourth-order valence-corrected chi connectivity index (χ4v) is 2.49. The number of aromatic nitrogens is 3. The van der Waals surface area contributed by atoms with E-state index < -0.39 is 5.82 Å². The van der Waals surface area contributed by atoms with Crippen LogP contribution in [0.1, 0.15) is 17.3 Å². The van der Waals surface area contributed by atoms with Crippen LogP contribution in [0.3, 0.4) is 0 Å². The van der Waals surface area contributed by atoms with E-state index in [1.54, 1.807) is 13.0 Å². The van der Waals surface area contributed by atoms with Crippen LogP contribution in [0.25, 0.3) is 10.9 Å². The lowest BCUT2D eigenvalue weighted by Gasteiger charge is -2.05. The van der Waals surface area contributed by atoms with Crippen LogP contribution in [-0.4, -0.2) is 14.5 Å². The molecule has 0 spiro atoms. The molecule has 0 fully saturated rings. The second-order valence-electron chi connectivity index (χ2n) is 4.71. The highest BCUT2D eigenvalue weighted by molar-refractivity contribution is 9.10. The van der Waals surface area contributed by atoms with Crippen molar-refractivity contribution in [2.45, 2.75) is 20.4 Å². The third-order valence-electron chi connectivity index (χ3n) is 3.22. The minimum absolute atomic E-state index is 0.0548. The van der Waals surface area contributed by atoms with Crippen molar-refractivity contribution in [3.63, 3.8) is 0 Å². The third kappa shape index (κ3) is 2.49. The first kappa shape index (κ1) is 13.9. The number of fused-ring (bicyclic) bond motifs is 1. The molecule has 0 unspecified atom stereocenters. The predicted molar refractivity (Wildman–Crippen MR) is 78.7 cm³/mol. The number of hydrogen-bond acceptors (Lipinski definition) is 4. The molecule has 108 valence electrons. The van der Waals surface area contributed by atoms with Crippen LogP contribution in [0, 0.1) is 19.7 Å². The van der Waals surface area contributed by atoms with Crippen LogP contribution in [0.4, 0.5) is 4.39 Å². The maximum atomic E-state index is 13.8. The summed E-state index contributed by atoms with van der Waals surface area (Å²) >= 11 is 3.17. The molecular weight excluding hydrogens is 341 g/mol. The molecule has 0 N–H and O–H groups in total. The summed E-state index contributed by atoms with van der Waals surface area (Å²) in [5.74, 6) is 0.593. The average molecular weight is 352 g/mol. The van der Waals surface area contributed by atoms with Crippen molar-refractivity contribution in [3.8, 4) is 0 Å². The number of aryl methyl sites for hydroxylation is 2. The standard InChI is InChI=1S/C14H11BrFN3O2/c1-7-8(2)21-12(18-7)5-19-6-17-13-10(14(19)20)3-9(15)4-11(13)16/h3-4,6H,5H2,1-2H3. The molecule has 5 nitrogen and oxygen atoms in total. The zero-order valence-electron chi connectivity index (χ0n) is 11.4. The number of halogens is 2. The summed E-state index contributed by atoms with van der Waals surface area (Å²) < 4.78 is 21.1. The third-order valence-corrected chi connectivity index (χ3v) is 3.68. The molecule has 0 saturated heterocycles. The first-order valence-electron chi connectivity index (χ1n) is 6.23. The van der Waals surface area contributed by atoms with Crippen molar-refractivity contribution in [2.75, 3.05) is 0 Å². The van der Waals surface area contributed by atoms with Crippen molar-refractivity contribution in [1.29, 1.82) is 0 Å². The normalized spacial score (nSPS) is 11.2. The van der Waals surface area contributed by atoms with Crippen LogP contribution in [0.2, 0.25) is 0 Å². The largest absolute Gasteiger partial charge is 0.444 e. The van der Waals surface area contributed by atoms with Gasteiger partial charge >= 0.3 is 0 Å². The van der Waals surface area contributed by atoms with Crippen LogP contribution in [0.5, 0.6) is 0 Å². The van der Waals surface area contributed by atoms with E-state index >= 15 is 0 Å². The summed E-state index contributed by atoms with van der Waals surface area (Å²) in [4.78, 5) is 20.6. The van der Waals surface area contributed by atoms with E-state index in [-0.39, 0.29) is 23.0 Å². The SMILES string of the molecule is Cc1nc(Cn2cnc3c(F)cc(Br)cc3c2=O)oc1C. The van der Waals surface area contributed by atoms with Crippen molar-refractivity contribution in [3.05, 3.63) is 56.4 Å². The van der Waals surface area contributed by atoms with E-state index in [0.717, 1.165) is 5.69 Å². The fraction of sp³-hybridized carbons (Fsp3) is 0.214. The van der Waals surface area contributed by atoms with Gasteiger partial charge < -0.3 is 4.42 Å². The van der Waals surface area contributed by atoms with Crippen LogP contribution in [0.15, 0.2) is 32.1 Å². The average Bonchev–Trinajstić information content (AvgIpc) is 2.72. The van der Waals surface area contributed by atoms with E-state index in [0.29, 0.717) is 16.1 Å². The molecule has 2 heterocycles. The summed E-state index contributed by atoms with van der Waals surface area (Å²) in [6.07, 6.45) is 1.30. The van der Waals surface area contributed by atoms with E-state index in [9.17, 15) is 9.18 Å². The Morgan fingerprint density at radius 2 is 2.14 bits per heavy atom. The molecule has 7 heteroatoms. The molecule has 0 aliphatic rings. The zero-order chi connectivity index (χ0) is 15.1. The molecule has 3 rings (SSSR count). The minimum Gasteiger partial charge on any atom is -0.444 e. The summed E-state index contributed by atoms with van der Waals surface area (Å²) in [7, 11) is 0. The quantitative estimate of drug-likeness (QED) is 0.712. The van der Waals surface area contributed by atoms with Crippen molar-refractivity contribution < 1.29 is 8.81 Å². The van der Waals surface area contributed by atoms with Crippen LogP contribution < -0.4 is 5.56 Å². The highest BCUT2D eigenvalue weighted by Crippen LogP contribution is 2.19. The monoisotopic (exact) mass is 351 g/mol. The molecule has 0 amide bonds. The number of rotatable bonds is 2. The van der Waals surface area contributed by atoms with Crippen LogP contribution in [-0.2, 0) is 6.54 Å². The van der Waals surface area contributed by atoms with Gasteiger partial charge in [-0.05, 0) is 26.0 Å². The summed E-state index contributed by atoms with van der Waals surface area (Å²) in [5.41, 5.74) is 0.494. The molecule has 0 atom stereocenters. The van der Waals surface area contributed by atoms with Gasteiger partial charge in [0.1, 0.15) is 17.8 Å². The van der Waals surface area contributed by atoms with Gasteiger partial charge in [0, 0.05) is 4.47 Å². The zero-order valence-corrected chi connectivity index (χ0v) is 12.9. The van der Waals surface area contributed by atoms with Gasteiger partial charge in [-0.25, -0.2) is 14.4 Å². The Morgan fingerprint density at radius 1 is 1.38 bits per heavy atom. The molecule has 0 aliphatic heterocycles. The Bertz CT molecular complexity index is 882. The highest BCUT2D eigenvalue weighted by atomic mass is 79.9. The molecule has 0 radical (unpaired) electrons. The summed E-state index contributed by atoms with van der Waals surface area (Å²) in [6.45, 7) is 3.79. The van der Waals surface area contributed by atoms with Gasteiger partial charge in [-0.1, -0.05) is 15.9 Å². The fourth-order valence-electron chi connectivity index (χ4n) is 2.06. The van der Waals surface area contributed by atoms with E-state index in [2.05, 4.69) is 25.9 Å². The Kier molecular flexibility index (Phi) is 3.36. The Morgan fingerprint density at radius 3 is 2.81 bits per heavy atom. The molecule has 0 saturated carbocycles. The van der Waals surface area contributed by atoms with Gasteiger partial charge in [-0.2, -0.15) is 0 Å². The lowest BCUT2D eigenvalue weighted by molar-refractivity contribution is 0.453. The van der Waals surface area contributed by atoms with E-state index in [1.165, 1.54) is 17.0 Å². The van der Waals surface area contributed by atoms with Crippen molar-refractivity contribution in [2.24, 2.45) is 0 Å². The minimum atomic E-state index is -0.536. The topological polar surface area (TPSA) is 60.9 Å². The van der Waals surface area contributed by atoms with E-state index in [1.807, 2.05) is 6.92 Å². The molecule has 3 aromatic rings. The molecule has 0 aliphatic carbocycles. The smallest absolute Gasteiger partial charge is 0.261 e. The molecule has 1 aromatic carbocycles. The summed E-state index contributed by atoms with van der Waals surface area (Å²) in [5, 5.41) is 0.212. The first-order chi connectivity index (χ1) is 9.95. The first-order valence-corrected chi connectivity index (χ1v) is 7.02. The maximum absolute atomic E-state index is 13.8. The second-order valence-corrected chi connectivity index (χ2v) is 5.63. The summed E-state index contributed by atoms with van der Waals surface area (Å²) in [6, 6.07) is 2.83. The number of hydrogen-bond donors (Lipinski definition) is 0. The number of oxazole rings is 1. The Labute approximate surface area is 127 Å². The van der Waals surface area contributed by atoms with Crippen molar-refractivity contribution >= 4 is 26.8 Å². The number of nitrogens with zero attached hydrogens (tertiary/aromatic N) is 3. The van der Waals surface area contributed by atoms with E-state index in [4.69, 9.17) is 4.42 Å². The molecule has 2 aromatic heterocycles. The lowest BCUT2D eigenvalue weighted by atomic mass is 10.2. The van der Waals surface area contributed by atoms with Gasteiger partial charge in [-0.3, -0.25) is 9.36 Å². The van der Waals surface area contributed by atoms with Gasteiger partial charge in [0.05, 0.1) is 17.4 Å². The van der Waals surface area contributed by atoms with Crippen molar-refractivity contribution in [1.82, 2.24) is 14.5 Å². The second kappa shape index (κ2) is 5.07. The van der Waals surface area contributed by atoms with Crippen LogP contribution >= 0.6 is 15.9 Å². The Balaban J connectivity index is 2.12.